The fraction of sp³-hybridized carbons (Fsp3) is 0.500. The zero-order valence-electron chi connectivity index (χ0n) is 10.4. The van der Waals surface area contributed by atoms with Crippen LogP contribution in [0.1, 0.15) is 41.3 Å². The molecule has 0 aliphatic heterocycles. The van der Waals surface area contributed by atoms with Crippen LogP contribution in [0.25, 0.3) is 0 Å². The van der Waals surface area contributed by atoms with E-state index in [0.29, 0.717) is 6.54 Å². The summed E-state index contributed by atoms with van der Waals surface area (Å²) in [7, 11) is 0. The van der Waals surface area contributed by atoms with Crippen LogP contribution in [0.2, 0.25) is 0 Å². The van der Waals surface area contributed by atoms with Gasteiger partial charge in [-0.25, -0.2) is 0 Å². The Morgan fingerprint density at radius 3 is 2.62 bits per heavy atom. The van der Waals surface area contributed by atoms with Gasteiger partial charge in [0.25, 0.3) is 0 Å². The highest BCUT2D eigenvalue weighted by Crippen LogP contribution is 2.19. The van der Waals surface area contributed by atoms with Gasteiger partial charge in [-0.15, -0.1) is 0 Å². The number of aryl methyl sites for hydroxylation is 1. The number of carbonyl (C=O) groups is 1. The molecule has 1 rings (SSSR count). The topological polar surface area (TPSA) is 43.1 Å². The number of ketones is 1. The van der Waals surface area contributed by atoms with Crippen molar-refractivity contribution in [3.63, 3.8) is 0 Å². The first-order valence-electron chi connectivity index (χ1n) is 5.92. The maximum Gasteiger partial charge on any atom is 0.167 e. The lowest BCUT2D eigenvalue weighted by Crippen LogP contribution is -2.24. The molecule has 0 saturated carbocycles. The second-order valence-electron chi connectivity index (χ2n) is 4.33. The lowest BCUT2D eigenvalue weighted by molar-refractivity contribution is 0.0917. The first-order chi connectivity index (χ1) is 7.61. The molecule has 2 heteroatoms. The molecule has 0 amide bonds. The average Bonchev–Trinajstić information content (AvgIpc) is 2.29. The average molecular weight is 219 g/mol. The monoisotopic (exact) mass is 219 g/mol. The molecule has 0 fully saturated rings. The zero-order valence-corrected chi connectivity index (χ0v) is 10.4. The van der Waals surface area contributed by atoms with Crippen molar-refractivity contribution in [3.8, 4) is 0 Å². The third-order valence-electron chi connectivity index (χ3n) is 3.16. The molecule has 0 saturated heterocycles. The molecule has 0 spiro atoms. The van der Waals surface area contributed by atoms with Gasteiger partial charge in [0.2, 0.25) is 0 Å². The summed E-state index contributed by atoms with van der Waals surface area (Å²) >= 11 is 0. The standard InChI is InChI=1S/C14H21NO/c1-4-6-12(9-15)14(16)13-8-5-7-10(2)11(13)3/h5,7-8,12H,4,6,9,15H2,1-3H3. The van der Waals surface area contributed by atoms with Crippen LogP contribution in [0.4, 0.5) is 0 Å². The number of hydrogen-bond acceptors (Lipinski definition) is 2. The van der Waals surface area contributed by atoms with Crippen LogP contribution in [0.3, 0.4) is 0 Å². The molecule has 0 aliphatic rings. The van der Waals surface area contributed by atoms with Crippen molar-refractivity contribution in [2.45, 2.75) is 33.6 Å². The predicted molar refractivity (Wildman–Crippen MR) is 67.7 cm³/mol. The molecule has 1 aromatic carbocycles. The Balaban J connectivity index is 2.99. The van der Waals surface area contributed by atoms with Crippen LogP contribution in [0, 0.1) is 19.8 Å². The first kappa shape index (κ1) is 12.9. The maximum atomic E-state index is 12.3. The quantitative estimate of drug-likeness (QED) is 0.774. The molecule has 88 valence electrons. The Morgan fingerprint density at radius 1 is 1.38 bits per heavy atom. The van der Waals surface area contributed by atoms with Gasteiger partial charge in [-0.3, -0.25) is 4.79 Å². The van der Waals surface area contributed by atoms with Gasteiger partial charge in [0.15, 0.2) is 5.78 Å². The Hall–Kier alpha value is -1.15. The molecule has 0 heterocycles. The largest absolute Gasteiger partial charge is 0.330 e. The van der Waals surface area contributed by atoms with E-state index in [4.69, 9.17) is 5.73 Å². The van der Waals surface area contributed by atoms with Crippen molar-refractivity contribution in [1.29, 1.82) is 0 Å². The summed E-state index contributed by atoms with van der Waals surface area (Å²) in [5.41, 5.74) is 8.75. The summed E-state index contributed by atoms with van der Waals surface area (Å²) in [6.45, 7) is 6.56. The van der Waals surface area contributed by atoms with Crippen LogP contribution in [-0.4, -0.2) is 12.3 Å². The van der Waals surface area contributed by atoms with Crippen LogP contribution in [0.5, 0.6) is 0 Å². The van der Waals surface area contributed by atoms with E-state index >= 15 is 0 Å². The summed E-state index contributed by atoms with van der Waals surface area (Å²) in [5, 5.41) is 0. The summed E-state index contributed by atoms with van der Waals surface area (Å²) in [6, 6.07) is 5.88. The SMILES string of the molecule is CCCC(CN)C(=O)c1cccc(C)c1C. The van der Waals surface area contributed by atoms with Gasteiger partial charge in [-0.05, 0) is 31.4 Å². The number of nitrogens with two attached hydrogens (primary N) is 1. The minimum Gasteiger partial charge on any atom is -0.330 e. The number of carbonyl (C=O) groups excluding carboxylic acids is 1. The third kappa shape index (κ3) is 2.70. The van der Waals surface area contributed by atoms with Crippen molar-refractivity contribution < 1.29 is 4.79 Å². The van der Waals surface area contributed by atoms with Crippen molar-refractivity contribution in [2.24, 2.45) is 11.7 Å². The van der Waals surface area contributed by atoms with E-state index in [1.807, 2.05) is 32.0 Å². The second-order valence-corrected chi connectivity index (χ2v) is 4.33. The van der Waals surface area contributed by atoms with Crippen LogP contribution in [-0.2, 0) is 0 Å². The number of hydrogen-bond donors (Lipinski definition) is 1. The molecule has 1 atom stereocenters. The lowest BCUT2D eigenvalue weighted by Gasteiger charge is -2.15. The van der Waals surface area contributed by atoms with E-state index in [9.17, 15) is 4.79 Å². The van der Waals surface area contributed by atoms with Crippen LogP contribution >= 0.6 is 0 Å². The van der Waals surface area contributed by atoms with E-state index in [2.05, 4.69) is 6.92 Å². The molecule has 2 N–H and O–H groups in total. The molecule has 16 heavy (non-hydrogen) atoms. The second kappa shape index (κ2) is 5.80. The minimum atomic E-state index is -0.0227. The van der Waals surface area contributed by atoms with Gasteiger partial charge in [0.05, 0.1) is 0 Å². The molecular weight excluding hydrogens is 198 g/mol. The van der Waals surface area contributed by atoms with Crippen molar-refractivity contribution in [3.05, 3.63) is 34.9 Å². The summed E-state index contributed by atoms with van der Waals surface area (Å²) in [6.07, 6.45) is 1.88. The predicted octanol–water partition coefficient (Wildman–Crippen LogP) is 2.86. The summed E-state index contributed by atoms with van der Waals surface area (Å²) in [5.74, 6) is 0.177. The first-order valence-corrected chi connectivity index (χ1v) is 5.92. The van der Waals surface area contributed by atoms with Gasteiger partial charge >= 0.3 is 0 Å². The fourth-order valence-corrected chi connectivity index (χ4v) is 1.94. The molecule has 1 unspecified atom stereocenters. The third-order valence-corrected chi connectivity index (χ3v) is 3.16. The van der Waals surface area contributed by atoms with Gasteiger partial charge in [0, 0.05) is 18.0 Å². The Bertz CT molecular complexity index is 371. The normalized spacial score (nSPS) is 12.5. The maximum absolute atomic E-state index is 12.3. The number of Topliss-reactive ketones (excluding diaryl/α,β-unsaturated/α-hetero) is 1. The number of benzene rings is 1. The fourth-order valence-electron chi connectivity index (χ4n) is 1.94. The van der Waals surface area contributed by atoms with Crippen LogP contribution < -0.4 is 5.73 Å². The highest BCUT2D eigenvalue weighted by Gasteiger charge is 2.19. The zero-order chi connectivity index (χ0) is 12.1. The number of rotatable bonds is 5. The molecule has 1 aromatic rings. The van der Waals surface area contributed by atoms with Gasteiger partial charge in [0.1, 0.15) is 0 Å². The Kier molecular flexibility index (Phi) is 4.69. The molecule has 0 aromatic heterocycles. The van der Waals surface area contributed by atoms with Crippen LogP contribution in [0.15, 0.2) is 18.2 Å². The van der Waals surface area contributed by atoms with E-state index in [0.717, 1.165) is 29.5 Å². The van der Waals surface area contributed by atoms with Gasteiger partial charge < -0.3 is 5.73 Å². The molecule has 2 nitrogen and oxygen atoms in total. The lowest BCUT2D eigenvalue weighted by atomic mass is 9.90. The highest BCUT2D eigenvalue weighted by molar-refractivity contribution is 5.99. The molecule has 0 aliphatic carbocycles. The van der Waals surface area contributed by atoms with E-state index in [1.165, 1.54) is 0 Å². The summed E-state index contributed by atoms with van der Waals surface area (Å²) in [4.78, 5) is 12.3. The van der Waals surface area contributed by atoms with E-state index in [-0.39, 0.29) is 11.7 Å². The highest BCUT2D eigenvalue weighted by atomic mass is 16.1. The van der Waals surface area contributed by atoms with Gasteiger partial charge in [-0.2, -0.15) is 0 Å². The van der Waals surface area contributed by atoms with Crippen molar-refractivity contribution in [2.75, 3.05) is 6.54 Å². The van der Waals surface area contributed by atoms with Crippen molar-refractivity contribution in [1.82, 2.24) is 0 Å². The Labute approximate surface area is 97.9 Å². The van der Waals surface area contributed by atoms with Gasteiger partial charge in [-0.1, -0.05) is 31.5 Å². The molecule has 0 bridgehead atoms. The Morgan fingerprint density at radius 2 is 2.06 bits per heavy atom. The smallest absolute Gasteiger partial charge is 0.167 e. The van der Waals surface area contributed by atoms with E-state index in [1.54, 1.807) is 0 Å². The van der Waals surface area contributed by atoms with E-state index < -0.39 is 0 Å². The molecule has 0 radical (unpaired) electrons. The minimum absolute atomic E-state index is 0.0227. The van der Waals surface area contributed by atoms with Crippen molar-refractivity contribution >= 4 is 5.78 Å². The summed E-state index contributed by atoms with van der Waals surface area (Å²) < 4.78 is 0. The molecular formula is C14H21NO.